The van der Waals surface area contributed by atoms with Crippen molar-refractivity contribution in [2.75, 3.05) is 26.3 Å². The molecule has 1 unspecified atom stereocenters. The Morgan fingerprint density at radius 1 is 1.40 bits per heavy atom. The minimum absolute atomic E-state index is 0.116. The van der Waals surface area contributed by atoms with Crippen LogP contribution in [0.1, 0.15) is 42.2 Å². The van der Waals surface area contributed by atoms with Crippen molar-refractivity contribution in [2.45, 2.75) is 37.3 Å². The van der Waals surface area contributed by atoms with Crippen molar-refractivity contribution in [3.05, 3.63) is 11.9 Å². The Morgan fingerprint density at radius 2 is 2.25 bits per heavy atom. The number of ketones is 1. The fourth-order valence-corrected chi connectivity index (χ4v) is 3.37. The maximum absolute atomic E-state index is 12.4. The van der Waals surface area contributed by atoms with Crippen LogP contribution < -0.4 is 10.1 Å². The molecule has 1 aromatic heterocycles. The molecule has 108 valence electrons. The van der Waals surface area contributed by atoms with E-state index in [9.17, 15) is 4.79 Å². The van der Waals surface area contributed by atoms with Gasteiger partial charge in [0.1, 0.15) is 5.60 Å². The van der Waals surface area contributed by atoms with Crippen molar-refractivity contribution < 1.29 is 14.3 Å². The highest BCUT2D eigenvalue weighted by Crippen LogP contribution is 2.38. The van der Waals surface area contributed by atoms with Crippen LogP contribution in [-0.2, 0) is 4.74 Å². The molecule has 2 fully saturated rings. The predicted molar refractivity (Wildman–Crippen MR) is 71.1 cm³/mol. The number of carbonyl (C=O) groups is 1. The lowest BCUT2D eigenvalue weighted by atomic mass is 9.84. The number of Topliss-reactive ketones (excluding diaryl/α,β-unsaturated/α-hetero) is 1. The monoisotopic (exact) mass is 277 g/mol. The van der Waals surface area contributed by atoms with Crippen LogP contribution in [0.5, 0.6) is 5.75 Å². The summed E-state index contributed by atoms with van der Waals surface area (Å²) in [6.45, 7) is 3.25. The zero-order valence-electron chi connectivity index (χ0n) is 11.4. The normalized spacial score (nSPS) is 28.4. The van der Waals surface area contributed by atoms with E-state index in [2.05, 4.69) is 10.4 Å². The molecule has 1 aromatic rings. The van der Waals surface area contributed by atoms with Gasteiger partial charge in [-0.3, -0.25) is 9.48 Å². The summed E-state index contributed by atoms with van der Waals surface area (Å²) in [5.74, 6) is 0.779. The second-order valence-electron chi connectivity index (χ2n) is 5.97. The van der Waals surface area contributed by atoms with E-state index in [4.69, 9.17) is 9.47 Å². The van der Waals surface area contributed by atoms with Crippen LogP contribution in [0.4, 0.5) is 0 Å². The number of hydrogen-bond acceptors (Lipinski definition) is 5. The highest BCUT2D eigenvalue weighted by molar-refractivity contribution is 5.98. The summed E-state index contributed by atoms with van der Waals surface area (Å²) >= 11 is 0. The summed E-state index contributed by atoms with van der Waals surface area (Å²) in [6, 6.07) is 0.237. The number of rotatable bonds is 1. The Balaban J connectivity index is 1.64. The van der Waals surface area contributed by atoms with Crippen LogP contribution in [0.3, 0.4) is 0 Å². The summed E-state index contributed by atoms with van der Waals surface area (Å²) < 4.78 is 13.4. The molecule has 1 spiro atoms. The van der Waals surface area contributed by atoms with Gasteiger partial charge >= 0.3 is 0 Å². The fourth-order valence-electron chi connectivity index (χ4n) is 3.37. The van der Waals surface area contributed by atoms with E-state index in [0.717, 1.165) is 39.0 Å². The Morgan fingerprint density at radius 3 is 3.00 bits per heavy atom. The highest BCUT2D eigenvalue weighted by Gasteiger charge is 2.43. The van der Waals surface area contributed by atoms with Gasteiger partial charge in [0.2, 0.25) is 0 Å². The smallest absolute Gasteiger partial charge is 0.190 e. The summed E-state index contributed by atoms with van der Waals surface area (Å²) in [7, 11) is 0. The molecular weight excluding hydrogens is 258 g/mol. The molecule has 4 heterocycles. The SMILES string of the molecule is O=C1CC2(CCNCC2)Oc2cn(C3CCOC3)nc21. The number of aromatic nitrogens is 2. The molecule has 0 amide bonds. The van der Waals surface area contributed by atoms with E-state index in [1.807, 2.05) is 10.9 Å². The Kier molecular flexibility index (Phi) is 2.82. The molecule has 0 aliphatic carbocycles. The van der Waals surface area contributed by atoms with Gasteiger partial charge in [0.15, 0.2) is 17.2 Å². The van der Waals surface area contributed by atoms with E-state index in [1.165, 1.54) is 0 Å². The zero-order chi connectivity index (χ0) is 13.6. The topological polar surface area (TPSA) is 65.4 Å². The lowest BCUT2D eigenvalue weighted by Gasteiger charge is -2.39. The first-order chi connectivity index (χ1) is 9.76. The van der Waals surface area contributed by atoms with Crippen LogP contribution in [0.2, 0.25) is 0 Å². The molecule has 3 aliphatic rings. The molecule has 1 N–H and O–H groups in total. The number of nitrogens with zero attached hydrogens (tertiary/aromatic N) is 2. The van der Waals surface area contributed by atoms with Gasteiger partial charge in [0.05, 0.1) is 25.3 Å². The lowest BCUT2D eigenvalue weighted by molar-refractivity contribution is 0.0185. The van der Waals surface area contributed by atoms with E-state index < -0.39 is 0 Å². The van der Waals surface area contributed by atoms with Crippen LogP contribution in [0, 0.1) is 0 Å². The Labute approximate surface area is 117 Å². The Bertz CT molecular complexity index is 528. The largest absolute Gasteiger partial charge is 0.483 e. The summed E-state index contributed by atoms with van der Waals surface area (Å²) in [4.78, 5) is 12.4. The average molecular weight is 277 g/mol. The zero-order valence-corrected chi connectivity index (χ0v) is 11.4. The first kappa shape index (κ1) is 12.3. The van der Waals surface area contributed by atoms with Crippen LogP contribution in [-0.4, -0.2) is 47.5 Å². The molecule has 0 saturated carbocycles. The highest BCUT2D eigenvalue weighted by atomic mass is 16.5. The van der Waals surface area contributed by atoms with Crippen molar-refractivity contribution in [3.63, 3.8) is 0 Å². The molecular formula is C14H19N3O3. The third-order valence-electron chi connectivity index (χ3n) is 4.57. The van der Waals surface area contributed by atoms with Gasteiger partial charge in [-0.1, -0.05) is 0 Å². The van der Waals surface area contributed by atoms with Gasteiger partial charge in [-0.2, -0.15) is 5.10 Å². The molecule has 6 heteroatoms. The van der Waals surface area contributed by atoms with E-state index >= 15 is 0 Å². The molecule has 6 nitrogen and oxygen atoms in total. The van der Waals surface area contributed by atoms with E-state index in [1.54, 1.807) is 0 Å². The van der Waals surface area contributed by atoms with Crippen molar-refractivity contribution in [1.29, 1.82) is 0 Å². The number of carbonyl (C=O) groups excluding carboxylic acids is 1. The van der Waals surface area contributed by atoms with Gasteiger partial charge < -0.3 is 14.8 Å². The third-order valence-corrected chi connectivity index (χ3v) is 4.57. The Hall–Kier alpha value is -1.40. The quantitative estimate of drug-likeness (QED) is 0.827. The summed E-state index contributed by atoms with van der Waals surface area (Å²) in [6.07, 6.45) is 5.06. The van der Waals surface area contributed by atoms with Crippen LogP contribution in [0.15, 0.2) is 6.20 Å². The molecule has 4 rings (SSSR count). The van der Waals surface area contributed by atoms with Gasteiger partial charge in [-0.05, 0) is 19.5 Å². The molecule has 20 heavy (non-hydrogen) atoms. The van der Waals surface area contributed by atoms with Gasteiger partial charge in [-0.15, -0.1) is 0 Å². The number of piperidine rings is 1. The number of fused-ring (bicyclic) bond motifs is 1. The first-order valence-electron chi connectivity index (χ1n) is 7.36. The summed E-state index contributed by atoms with van der Waals surface area (Å²) in [5, 5.41) is 7.75. The van der Waals surface area contributed by atoms with Crippen molar-refractivity contribution in [1.82, 2.24) is 15.1 Å². The maximum atomic E-state index is 12.4. The molecule has 0 bridgehead atoms. The molecule has 2 saturated heterocycles. The number of nitrogens with one attached hydrogen (secondary N) is 1. The summed E-state index contributed by atoms with van der Waals surface area (Å²) in [5.41, 5.74) is 0.191. The average Bonchev–Trinajstić information content (AvgIpc) is 3.07. The van der Waals surface area contributed by atoms with E-state index in [-0.39, 0.29) is 17.4 Å². The van der Waals surface area contributed by atoms with Crippen molar-refractivity contribution in [2.24, 2.45) is 0 Å². The van der Waals surface area contributed by atoms with E-state index in [0.29, 0.717) is 24.5 Å². The first-order valence-corrected chi connectivity index (χ1v) is 7.36. The maximum Gasteiger partial charge on any atom is 0.190 e. The fraction of sp³-hybridized carbons (Fsp3) is 0.714. The molecule has 0 aromatic carbocycles. The minimum Gasteiger partial charge on any atom is -0.483 e. The molecule has 1 atom stereocenters. The van der Waals surface area contributed by atoms with Gasteiger partial charge in [-0.25, -0.2) is 0 Å². The predicted octanol–water partition coefficient (Wildman–Crippen LogP) is 0.932. The van der Waals surface area contributed by atoms with Crippen LogP contribution >= 0.6 is 0 Å². The van der Waals surface area contributed by atoms with Gasteiger partial charge in [0, 0.05) is 19.4 Å². The number of hydrogen-bond donors (Lipinski definition) is 1. The van der Waals surface area contributed by atoms with Crippen molar-refractivity contribution in [3.8, 4) is 5.75 Å². The lowest BCUT2D eigenvalue weighted by Crippen LogP contribution is -2.49. The molecule has 3 aliphatic heterocycles. The second-order valence-corrected chi connectivity index (χ2v) is 5.97. The second kappa shape index (κ2) is 4.56. The third kappa shape index (κ3) is 1.94. The minimum atomic E-state index is -0.310. The molecule has 0 radical (unpaired) electrons. The van der Waals surface area contributed by atoms with Gasteiger partial charge in [0.25, 0.3) is 0 Å². The standard InChI is InChI=1S/C14H19N3O3/c18-11-7-14(2-4-15-5-3-14)20-12-8-17(16-13(11)12)10-1-6-19-9-10/h8,10,15H,1-7,9H2. The number of ether oxygens (including phenoxy) is 2. The van der Waals surface area contributed by atoms with Crippen molar-refractivity contribution >= 4 is 5.78 Å². The van der Waals surface area contributed by atoms with Crippen LogP contribution in [0.25, 0.3) is 0 Å².